The summed E-state index contributed by atoms with van der Waals surface area (Å²) in [5.41, 5.74) is -0.668. The van der Waals surface area contributed by atoms with E-state index in [1.54, 1.807) is 6.92 Å². The molecule has 0 heterocycles. The number of hydrogen-bond acceptors (Lipinski definition) is 7. The third-order valence-electron chi connectivity index (χ3n) is 2.89. The number of nitrogens with one attached hydrogen (secondary N) is 1. The van der Waals surface area contributed by atoms with Crippen LogP contribution in [0.2, 0.25) is 0 Å². The Morgan fingerprint density at radius 2 is 1.90 bits per heavy atom. The predicted molar refractivity (Wildman–Crippen MR) is 73.1 cm³/mol. The summed E-state index contributed by atoms with van der Waals surface area (Å²) in [5, 5.41) is 20.8. The number of hydroxylamine groups is 2. The molecule has 0 aromatic rings. The van der Waals surface area contributed by atoms with Crippen molar-refractivity contribution in [3.05, 3.63) is 0 Å². The fourth-order valence-corrected chi connectivity index (χ4v) is 2.68. The molecule has 2 unspecified atom stereocenters. The molecule has 0 fully saturated rings. The normalized spacial score (nSPS) is 15.0. The number of carbonyl (C=O) groups is 3. The van der Waals surface area contributed by atoms with Gasteiger partial charge < -0.3 is 9.63 Å². The zero-order valence-corrected chi connectivity index (χ0v) is 13.1. The van der Waals surface area contributed by atoms with E-state index in [1.807, 2.05) is 0 Å². The quantitative estimate of drug-likeness (QED) is 0.172. The minimum Gasteiger partial charge on any atom is -0.481 e. The first kappa shape index (κ1) is 19.7. The van der Waals surface area contributed by atoms with Crippen LogP contribution < -0.4 is 5.32 Å². The Morgan fingerprint density at radius 3 is 2.29 bits per heavy atom. The fourth-order valence-electron chi connectivity index (χ4n) is 1.51. The average molecular weight is 324 g/mol. The lowest BCUT2D eigenvalue weighted by Gasteiger charge is -2.19. The molecule has 0 bridgehead atoms. The van der Waals surface area contributed by atoms with Crippen molar-refractivity contribution in [3.8, 4) is 0 Å². The van der Waals surface area contributed by atoms with Gasteiger partial charge in [-0.1, -0.05) is 13.8 Å². The summed E-state index contributed by atoms with van der Waals surface area (Å²) in [5.74, 6) is -3.68. The third-order valence-corrected chi connectivity index (χ3v) is 5.23. The average Bonchev–Trinajstić information content (AvgIpc) is 2.46. The number of carbonyl (C=O) groups excluding carboxylic acids is 2. The van der Waals surface area contributed by atoms with Gasteiger partial charge >= 0.3 is 5.97 Å². The van der Waals surface area contributed by atoms with Gasteiger partial charge in [0.25, 0.3) is 13.3 Å². The van der Waals surface area contributed by atoms with Crippen LogP contribution in [0.3, 0.4) is 0 Å². The highest BCUT2D eigenvalue weighted by Gasteiger charge is 2.30. The Hall–Kier alpha value is -1.28. The van der Waals surface area contributed by atoms with Gasteiger partial charge in [0.05, 0.1) is 13.2 Å². The summed E-state index contributed by atoms with van der Waals surface area (Å²) in [6.45, 7) is 2.22. The number of hydrogen-bond donors (Lipinski definition) is 3. The van der Waals surface area contributed by atoms with Crippen LogP contribution in [0.1, 0.15) is 20.3 Å². The van der Waals surface area contributed by atoms with Crippen molar-refractivity contribution in [3.63, 3.8) is 0 Å². The van der Waals surface area contributed by atoms with Crippen LogP contribution in [0.5, 0.6) is 0 Å². The van der Waals surface area contributed by atoms with E-state index in [2.05, 4.69) is 9.84 Å². The second-order valence-electron chi connectivity index (χ2n) is 4.19. The van der Waals surface area contributed by atoms with E-state index in [9.17, 15) is 24.2 Å². The molecule has 3 N–H and O–H groups in total. The van der Waals surface area contributed by atoms with Crippen molar-refractivity contribution in [2.75, 3.05) is 26.5 Å². The maximum absolute atomic E-state index is 11.9. The van der Waals surface area contributed by atoms with Crippen molar-refractivity contribution in [1.82, 2.24) is 10.4 Å². The largest absolute Gasteiger partial charge is 0.481 e. The number of aliphatic carboxylic acids is 1. The topological polar surface area (TPSA) is 133 Å². The molecule has 1 amide bonds. The van der Waals surface area contributed by atoms with Gasteiger partial charge in [0.15, 0.2) is 0 Å². The molecule has 0 radical (unpaired) electrons. The lowest BCUT2D eigenvalue weighted by Crippen LogP contribution is -2.43. The number of carboxylic acid groups (broad SMARTS) is 1. The van der Waals surface area contributed by atoms with Crippen molar-refractivity contribution in [2.45, 2.75) is 20.3 Å². The van der Waals surface area contributed by atoms with Crippen molar-refractivity contribution in [2.24, 2.45) is 5.92 Å². The van der Waals surface area contributed by atoms with Crippen LogP contribution in [-0.2, 0) is 23.5 Å². The maximum Gasteiger partial charge on any atom is 0.316 e. The highest BCUT2D eigenvalue weighted by Crippen LogP contribution is 2.45. The van der Waals surface area contributed by atoms with Gasteiger partial charge in [0.2, 0.25) is 5.52 Å². The summed E-state index contributed by atoms with van der Waals surface area (Å²) in [7, 11) is -2.21. The van der Waals surface area contributed by atoms with Crippen LogP contribution >= 0.6 is 7.37 Å². The number of rotatable bonds is 10. The molecule has 0 aromatic carbocycles. The van der Waals surface area contributed by atoms with Gasteiger partial charge in [-0.3, -0.25) is 29.5 Å². The lowest BCUT2D eigenvalue weighted by atomic mass is 10.1. The minimum atomic E-state index is -3.38. The molecule has 2 atom stereocenters. The van der Waals surface area contributed by atoms with Gasteiger partial charge in [0, 0.05) is 13.3 Å². The summed E-state index contributed by atoms with van der Waals surface area (Å²) in [6, 6.07) is 0. The second-order valence-corrected chi connectivity index (χ2v) is 7.03. The Balaban J connectivity index is 4.42. The number of amides is 1. The Bertz CT molecular complexity index is 432. The lowest BCUT2D eigenvalue weighted by molar-refractivity contribution is -0.176. The van der Waals surface area contributed by atoms with E-state index < -0.39 is 37.4 Å². The molecule has 0 rings (SSSR count). The molecule has 0 aliphatic carbocycles. The van der Waals surface area contributed by atoms with Gasteiger partial charge in [-0.15, -0.1) is 0 Å². The molecule has 9 nitrogen and oxygen atoms in total. The van der Waals surface area contributed by atoms with Crippen LogP contribution in [0.15, 0.2) is 0 Å². The van der Waals surface area contributed by atoms with Crippen LogP contribution in [0.4, 0.5) is 0 Å². The monoisotopic (exact) mass is 324 g/mol. The van der Waals surface area contributed by atoms with Gasteiger partial charge in [0.1, 0.15) is 5.92 Å². The Morgan fingerprint density at radius 1 is 1.33 bits per heavy atom. The fraction of sp³-hybridized carbons (Fsp3) is 0.727. The zero-order chi connectivity index (χ0) is 16.6. The van der Waals surface area contributed by atoms with Gasteiger partial charge in [-0.2, -0.15) is 0 Å². The Labute approximate surface area is 122 Å². The van der Waals surface area contributed by atoms with Crippen molar-refractivity contribution < 1.29 is 33.8 Å². The molecule has 0 aliphatic heterocycles. The molecular weight excluding hydrogens is 303 g/mol. The van der Waals surface area contributed by atoms with Gasteiger partial charge in [-0.05, 0) is 6.42 Å². The highest BCUT2D eigenvalue weighted by atomic mass is 31.2. The summed E-state index contributed by atoms with van der Waals surface area (Å²) >= 11 is 0. The van der Waals surface area contributed by atoms with Crippen LogP contribution in [0.25, 0.3) is 0 Å². The van der Waals surface area contributed by atoms with Crippen LogP contribution in [-0.4, -0.2) is 59.3 Å². The smallest absolute Gasteiger partial charge is 0.316 e. The zero-order valence-electron chi connectivity index (χ0n) is 12.2. The highest BCUT2D eigenvalue weighted by molar-refractivity contribution is 7.76. The van der Waals surface area contributed by atoms with Gasteiger partial charge in [-0.25, -0.2) is 5.06 Å². The first-order valence-corrected chi connectivity index (χ1v) is 8.16. The molecule has 0 aromatic heterocycles. The second kappa shape index (κ2) is 8.89. The summed E-state index contributed by atoms with van der Waals surface area (Å²) in [4.78, 5) is 34.0. The number of carboxylic acids is 1. The van der Waals surface area contributed by atoms with Crippen LogP contribution in [0, 0.1) is 5.92 Å². The molecule has 0 saturated heterocycles. The molecule has 0 saturated carbocycles. The van der Waals surface area contributed by atoms with E-state index in [4.69, 9.17) is 5.11 Å². The van der Waals surface area contributed by atoms with E-state index in [1.165, 1.54) is 14.0 Å². The standard InChI is InChI=1S/C11H21N2O7P/c1-4-8(11(16)17)10(15)13(18)7-12-6-9(14)21(19,5-2)20-3/h8,12,18H,4-7H2,1-3H3,(H,16,17). The minimum absolute atomic E-state index is 0.0267. The van der Waals surface area contributed by atoms with Crippen molar-refractivity contribution >= 4 is 24.8 Å². The summed E-state index contributed by atoms with van der Waals surface area (Å²) in [6.07, 6.45) is 0.0710. The first-order chi connectivity index (χ1) is 9.73. The molecule has 0 aliphatic rings. The molecule has 10 heteroatoms. The maximum atomic E-state index is 11.9. The van der Waals surface area contributed by atoms with E-state index in [0.29, 0.717) is 0 Å². The van der Waals surface area contributed by atoms with E-state index in [0.717, 1.165) is 0 Å². The molecule has 0 spiro atoms. The van der Waals surface area contributed by atoms with Crippen molar-refractivity contribution in [1.29, 1.82) is 0 Å². The number of nitrogens with zero attached hydrogens (tertiary/aromatic N) is 1. The van der Waals surface area contributed by atoms with E-state index in [-0.39, 0.29) is 24.2 Å². The molecular formula is C11H21N2O7P. The first-order valence-electron chi connectivity index (χ1n) is 6.35. The third kappa shape index (κ3) is 5.55. The Kier molecular flexibility index (Phi) is 8.34. The SMILES string of the molecule is CCC(C(=O)O)C(=O)N(O)CNCC(=O)P(=O)(CC)OC. The summed E-state index contributed by atoms with van der Waals surface area (Å²) < 4.78 is 16.6. The molecule has 122 valence electrons. The molecule has 21 heavy (non-hydrogen) atoms. The predicted octanol–water partition coefficient (Wildman–Crippen LogP) is 0.333. The van der Waals surface area contributed by atoms with E-state index >= 15 is 0 Å².